The Labute approximate surface area is 162 Å². The molecule has 1 atom stereocenters. The Morgan fingerprint density at radius 3 is 2.41 bits per heavy atom. The van der Waals surface area contributed by atoms with Crippen LogP contribution in [0.25, 0.3) is 11.5 Å². The Morgan fingerprint density at radius 2 is 1.78 bits per heavy atom. The fourth-order valence-electron chi connectivity index (χ4n) is 5.70. The summed E-state index contributed by atoms with van der Waals surface area (Å²) < 4.78 is 5.72. The lowest BCUT2D eigenvalue weighted by Gasteiger charge is -2.57. The Bertz CT molecular complexity index is 802. The van der Waals surface area contributed by atoms with Crippen molar-refractivity contribution in [3.8, 4) is 11.5 Å². The number of thioether (sulfide) groups is 1. The second-order valence-electron chi connectivity index (χ2n) is 8.56. The van der Waals surface area contributed by atoms with Crippen LogP contribution in [0.2, 0.25) is 0 Å². The summed E-state index contributed by atoms with van der Waals surface area (Å²) in [5.74, 6) is 2.99. The van der Waals surface area contributed by atoms with Gasteiger partial charge in [0.2, 0.25) is 11.8 Å². The van der Waals surface area contributed by atoms with Crippen molar-refractivity contribution in [1.29, 1.82) is 0 Å². The van der Waals surface area contributed by atoms with E-state index < -0.39 is 0 Å². The van der Waals surface area contributed by atoms with Gasteiger partial charge in [0.15, 0.2) is 0 Å². The van der Waals surface area contributed by atoms with E-state index in [0.29, 0.717) is 11.1 Å². The molecule has 2 aromatic rings. The molecule has 6 nitrogen and oxygen atoms in total. The predicted octanol–water partition coefficient (Wildman–Crippen LogP) is 3.70. The number of hydrogen-bond donors (Lipinski definition) is 1. The van der Waals surface area contributed by atoms with Crippen LogP contribution in [0, 0.1) is 17.8 Å². The highest BCUT2D eigenvalue weighted by molar-refractivity contribution is 8.00. The van der Waals surface area contributed by atoms with Gasteiger partial charge in [-0.15, -0.1) is 10.2 Å². The van der Waals surface area contributed by atoms with Gasteiger partial charge in [-0.25, -0.2) is 0 Å². The zero-order valence-electron chi connectivity index (χ0n) is 15.4. The average Bonchev–Trinajstić information content (AvgIpc) is 3.09. The molecule has 6 rings (SSSR count). The summed E-state index contributed by atoms with van der Waals surface area (Å²) >= 11 is 1.33. The Hall–Kier alpha value is -1.89. The SMILES string of the molecule is CC(Sc1nnc(-c2ccncc2)o1)C(=O)NC12CC3CC(CC(C3)C1)C2. The molecule has 142 valence electrons. The summed E-state index contributed by atoms with van der Waals surface area (Å²) in [7, 11) is 0. The minimum Gasteiger partial charge on any atom is -0.411 e. The molecule has 27 heavy (non-hydrogen) atoms. The minimum absolute atomic E-state index is 0.0394. The number of nitrogens with one attached hydrogen (secondary N) is 1. The van der Waals surface area contributed by atoms with Gasteiger partial charge < -0.3 is 9.73 Å². The molecule has 0 aliphatic heterocycles. The third kappa shape index (κ3) is 3.37. The minimum atomic E-state index is -0.260. The quantitative estimate of drug-likeness (QED) is 0.792. The molecule has 2 heterocycles. The highest BCUT2D eigenvalue weighted by atomic mass is 32.2. The summed E-state index contributed by atoms with van der Waals surface area (Å²) in [5, 5.41) is 11.8. The van der Waals surface area contributed by atoms with Gasteiger partial charge in [-0.2, -0.15) is 0 Å². The smallest absolute Gasteiger partial charge is 0.277 e. The van der Waals surface area contributed by atoms with E-state index >= 15 is 0 Å². The number of aromatic nitrogens is 3. The van der Waals surface area contributed by atoms with E-state index in [2.05, 4.69) is 20.5 Å². The van der Waals surface area contributed by atoms with Gasteiger partial charge in [-0.1, -0.05) is 11.8 Å². The first-order valence-electron chi connectivity index (χ1n) is 9.81. The van der Waals surface area contributed by atoms with Crippen LogP contribution in [-0.2, 0) is 4.79 Å². The third-order valence-corrected chi connectivity index (χ3v) is 7.34. The second-order valence-corrected chi connectivity index (χ2v) is 9.85. The lowest BCUT2D eigenvalue weighted by atomic mass is 9.53. The van der Waals surface area contributed by atoms with Crippen molar-refractivity contribution in [2.24, 2.45) is 17.8 Å². The van der Waals surface area contributed by atoms with Crippen molar-refractivity contribution in [3.63, 3.8) is 0 Å². The molecule has 4 saturated carbocycles. The van der Waals surface area contributed by atoms with Crippen LogP contribution in [-0.4, -0.2) is 31.9 Å². The average molecular weight is 385 g/mol. The molecule has 4 bridgehead atoms. The van der Waals surface area contributed by atoms with Crippen LogP contribution < -0.4 is 5.32 Å². The summed E-state index contributed by atoms with van der Waals surface area (Å²) in [6.45, 7) is 1.91. The summed E-state index contributed by atoms with van der Waals surface area (Å²) in [6, 6.07) is 3.65. The molecule has 4 aliphatic rings. The molecule has 0 spiro atoms. The van der Waals surface area contributed by atoms with Gasteiger partial charge in [0.05, 0.1) is 5.25 Å². The van der Waals surface area contributed by atoms with Crippen molar-refractivity contribution in [2.75, 3.05) is 0 Å². The standard InChI is InChI=1S/C20H24N4O2S/c1-12(27-19-24-23-18(26-19)16-2-4-21-5-3-16)17(25)22-20-9-13-6-14(10-20)8-15(7-13)11-20/h2-5,12-15H,6-11H2,1H3,(H,22,25). The van der Waals surface area contributed by atoms with Crippen molar-refractivity contribution < 1.29 is 9.21 Å². The molecular formula is C20H24N4O2S. The zero-order valence-corrected chi connectivity index (χ0v) is 16.2. The lowest BCUT2D eigenvalue weighted by molar-refractivity contribution is -0.126. The monoisotopic (exact) mass is 384 g/mol. The largest absolute Gasteiger partial charge is 0.411 e. The molecule has 2 aromatic heterocycles. The van der Waals surface area contributed by atoms with E-state index in [0.717, 1.165) is 42.6 Å². The second kappa shape index (κ2) is 6.62. The van der Waals surface area contributed by atoms with Crippen molar-refractivity contribution >= 4 is 17.7 Å². The maximum Gasteiger partial charge on any atom is 0.277 e. The highest BCUT2D eigenvalue weighted by Crippen LogP contribution is 2.55. The summed E-state index contributed by atoms with van der Waals surface area (Å²) in [5.41, 5.74) is 0.868. The molecule has 4 fully saturated rings. The molecular weight excluding hydrogens is 360 g/mol. The van der Waals surface area contributed by atoms with Gasteiger partial charge >= 0.3 is 0 Å². The Balaban J connectivity index is 1.23. The number of carbonyl (C=O) groups is 1. The number of hydrogen-bond acceptors (Lipinski definition) is 6. The lowest BCUT2D eigenvalue weighted by Crippen LogP contribution is -2.60. The number of nitrogens with zero attached hydrogens (tertiary/aromatic N) is 3. The third-order valence-electron chi connectivity index (χ3n) is 6.41. The van der Waals surface area contributed by atoms with E-state index in [-0.39, 0.29) is 16.7 Å². The first-order chi connectivity index (χ1) is 13.1. The van der Waals surface area contributed by atoms with Crippen molar-refractivity contribution in [3.05, 3.63) is 24.5 Å². The summed E-state index contributed by atoms with van der Waals surface area (Å²) in [4.78, 5) is 16.9. The number of rotatable bonds is 5. The van der Waals surface area contributed by atoms with E-state index in [4.69, 9.17) is 4.42 Å². The maximum atomic E-state index is 12.9. The molecule has 7 heteroatoms. The van der Waals surface area contributed by atoms with E-state index in [1.807, 2.05) is 19.1 Å². The normalized spacial score (nSPS) is 32.4. The van der Waals surface area contributed by atoms with Gasteiger partial charge in [-0.05, 0) is 75.3 Å². The number of amides is 1. The predicted molar refractivity (Wildman–Crippen MR) is 102 cm³/mol. The van der Waals surface area contributed by atoms with Crippen LogP contribution >= 0.6 is 11.8 Å². The van der Waals surface area contributed by atoms with Crippen LogP contribution in [0.15, 0.2) is 34.2 Å². The molecule has 4 aliphatic carbocycles. The number of pyridine rings is 1. The fourth-order valence-corrected chi connectivity index (χ4v) is 6.38. The van der Waals surface area contributed by atoms with Crippen molar-refractivity contribution in [1.82, 2.24) is 20.5 Å². The topological polar surface area (TPSA) is 80.9 Å². The van der Waals surface area contributed by atoms with E-state index in [9.17, 15) is 4.79 Å². The maximum absolute atomic E-state index is 12.9. The molecule has 0 aromatic carbocycles. The number of carbonyl (C=O) groups excluding carboxylic acids is 1. The van der Waals surface area contributed by atoms with Gasteiger partial charge in [-0.3, -0.25) is 9.78 Å². The highest BCUT2D eigenvalue weighted by Gasteiger charge is 2.51. The Morgan fingerprint density at radius 1 is 1.15 bits per heavy atom. The first-order valence-corrected chi connectivity index (χ1v) is 10.7. The van der Waals surface area contributed by atoms with E-state index in [1.54, 1.807) is 12.4 Å². The molecule has 1 amide bonds. The molecule has 1 N–H and O–H groups in total. The molecule has 0 radical (unpaired) electrons. The molecule has 0 saturated heterocycles. The fraction of sp³-hybridized carbons (Fsp3) is 0.600. The van der Waals surface area contributed by atoms with Gasteiger partial charge in [0, 0.05) is 23.5 Å². The Kier molecular flexibility index (Phi) is 4.22. The first kappa shape index (κ1) is 17.2. The van der Waals surface area contributed by atoms with Crippen LogP contribution in [0.4, 0.5) is 0 Å². The van der Waals surface area contributed by atoms with Crippen molar-refractivity contribution in [2.45, 2.75) is 61.5 Å². The van der Waals surface area contributed by atoms with E-state index in [1.165, 1.54) is 31.0 Å². The van der Waals surface area contributed by atoms with Gasteiger partial charge in [0.25, 0.3) is 5.22 Å². The van der Waals surface area contributed by atoms with Crippen LogP contribution in [0.5, 0.6) is 0 Å². The van der Waals surface area contributed by atoms with Gasteiger partial charge in [0.1, 0.15) is 0 Å². The summed E-state index contributed by atoms with van der Waals surface area (Å²) in [6.07, 6.45) is 11.0. The van der Waals surface area contributed by atoms with Crippen LogP contribution in [0.3, 0.4) is 0 Å². The molecule has 1 unspecified atom stereocenters. The van der Waals surface area contributed by atoms with Crippen LogP contribution in [0.1, 0.15) is 45.4 Å². The zero-order chi connectivity index (χ0) is 18.4.